The van der Waals surface area contributed by atoms with Crippen LogP contribution in [0.15, 0.2) is 6.20 Å². The van der Waals surface area contributed by atoms with E-state index in [9.17, 15) is 10.2 Å². The number of aromatic nitrogens is 2. The number of aliphatic hydroxyl groups is 2. The van der Waals surface area contributed by atoms with Gasteiger partial charge < -0.3 is 20.7 Å². The molecule has 6 nitrogen and oxygen atoms in total. The predicted octanol–water partition coefficient (Wildman–Crippen LogP) is -0.609. The van der Waals surface area contributed by atoms with Gasteiger partial charge in [-0.2, -0.15) is 12.6 Å². The summed E-state index contributed by atoms with van der Waals surface area (Å²) in [6.45, 7) is 0. The number of hydrogen-bond donors (Lipinski definition) is 4. The van der Waals surface area contributed by atoms with Crippen molar-refractivity contribution in [2.75, 3.05) is 18.6 Å². The maximum atomic E-state index is 9.60. The highest BCUT2D eigenvalue weighted by molar-refractivity contribution is 7.80. The Hall–Kier alpha value is -1.05. The van der Waals surface area contributed by atoms with E-state index in [0.29, 0.717) is 0 Å². The Labute approximate surface area is 92.5 Å². The van der Waals surface area contributed by atoms with Crippen molar-refractivity contribution in [1.29, 1.82) is 0 Å². The third-order valence-electron chi connectivity index (χ3n) is 1.83. The lowest BCUT2D eigenvalue weighted by atomic mass is 10.2. The van der Waals surface area contributed by atoms with Crippen molar-refractivity contribution < 1.29 is 14.9 Å². The molecule has 0 spiro atoms. The Morgan fingerprint density at radius 3 is 2.80 bits per heavy atom. The molecule has 2 unspecified atom stereocenters. The Balaban J connectivity index is 2.95. The zero-order valence-electron chi connectivity index (χ0n) is 8.16. The van der Waals surface area contributed by atoms with E-state index in [2.05, 4.69) is 22.6 Å². The highest BCUT2D eigenvalue weighted by atomic mass is 32.1. The maximum Gasteiger partial charge on any atom is 0.257 e. The lowest BCUT2D eigenvalue weighted by molar-refractivity contribution is 0.0305. The van der Waals surface area contributed by atoms with Gasteiger partial charge in [0.15, 0.2) is 5.82 Å². The van der Waals surface area contributed by atoms with Crippen molar-refractivity contribution in [2.45, 2.75) is 12.2 Å². The van der Waals surface area contributed by atoms with Gasteiger partial charge in [0.05, 0.1) is 25.1 Å². The van der Waals surface area contributed by atoms with E-state index in [4.69, 9.17) is 10.5 Å². The number of aliphatic hydroxyl groups excluding tert-OH is 2. The summed E-state index contributed by atoms with van der Waals surface area (Å²) in [5.74, 6) is 0.377. The first-order chi connectivity index (χ1) is 7.10. The summed E-state index contributed by atoms with van der Waals surface area (Å²) >= 11 is 3.86. The van der Waals surface area contributed by atoms with Crippen molar-refractivity contribution in [3.63, 3.8) is 0 Å². The summed E-state index contributed by atoms with van der Waals surface area (Å²) in [4.78, 5) is 7.69. The first-order valence-corrected chi connectivity index (χ1v) is 4.86. The molecular weight excluding hydrogens is 218 g/mol. The van der Waals surface area contributed by atoms with Gasteiger partial charge >= 0.3 is 0 Å². The van der Waals surface area contributed by atoms with Crippen LogP contribution >= 0.6 is 12.6 Å². The normalized spacial score (nSPS) is 14.7. The zero-order valence-corrected chi connectivity index (χ0v) is 9.06. The van der Waals surface area contributed by atoms with E-state index < -0.39 is 12.2 Å². The van der Waals surface area contributed by atoms with E-state index in [-0.39, 0.29) is 23.1 Å². The van der Waals surface area contributed by atoms with Crippen LogP contribution in [0.3, 0.4) is 0 Å². The van der Waals surface area contributed by atoms with Crippen LogP contribution in [0, 0.1) is 0 Å². The summed E-state index contributed by atoms with van der Waals surface area (Å²) < 4.78 is 4.84. The minimum Gasteiger partial charge on any atom is -0.478 e. The zero-order chi connectivity index (χ0) is 11.4. The third-order valence-corrected chi connectivity index (χ3v) is 2.21. The highest BCUT2D eigenvalue weighted by Gasteiger charge is 2.20. The quantitative estimate of drug-likeness (QED) is 0.516. The average molecular weight is 231 g/mol. The van der Waals surface area contributed by atoms with E-state index in [1.807, 2.05) is 0 Å². The molecule has 2 atom stereocenters. The molecule has 0 amide bonds. The number of thiol groups is 1. The fourth-order valence-corrected chi connectivity index (χ4v) is 1.18. The fraction of sp³-hybridized carbons (Fsp3) is 0.500. The van der Waals surface area contributed by atoms with Gasteiger partial charge in [-0.1, -0.05) is 0 Å². The molecule has 1 aromatic rings. The van der Waals surface area contributed by atoms with Crippen molar-refractivity contribution in [1.82, 2.24) is 9.97 Å². The molecule has 0 aliphatic rings. The topological polar surface area (TPSA) is 101 Å². The molecule has 0 saturated carbocycles. The first-order valence-electron chi connectivity index (χ1n) is 4.23. The summed E-state index contributed by atoms with van der Waals surface area (Å²) in [5, 5.41) is 18.9. The van der Waals surface area contributed by atoms with Gasteiger partial charge in [-0.25, -0.2) is 9.97 Å². The number of hydrogen-bond acceptors (Lipinski definition) is 7. The predicted molar refractivity (Wildman–Crippen MR) is 57.8 cm³/mol. The Bertz CT molecular complexity index is 337. The third kappa shape index (κ3) is 2.71. The maximum absolute atomic E-state index is 9.60. The molecule has 0 aliphatic carbocycles. The molecule has 15 heavy (non-hydrogen) atoms. The van der Waals surface area contributed by atoms with E-state index in [1.54, 1.807) is 0 Å². The highest BCUT2D eigenvalue weighted by Crippen LogP contribution is 2.20. The molecule has 0 fully saturated rings. The van der Waals surface area contributed by atoms with E-state index in [0.717, 1.165) is 0 Å². The smallest absolute Gasteiger partial charge is 0.257 e. The molecule has 0 bridgehead atoms. The number of nitrogen functional groups attached to an aromatic ring is 1. The second-order valence-corrected chi connectivity index (χ2v) is 3.25. The van der Waals surface area contributed by atoms with Gasteiger partial charge in [0.25, 0.3) is 5.88 Å². The van der Waals surface area contributed by atoms with Crippen LogP contribution in [-0.2, 0) is 0 Å². The molecule has 84 valence electrons. The lowest BCUT2D eigenvalue weighted by Crippen LogP contribution is -2.21. The van der Waals surface area contributed by atoms with Crippen molar-refractivity contribution in [3.05, 3.63) is 11.9 Å². The average Bonchev–Trinajstić information content (AvgIpc) is 2.27. The van der Waals surface area contributed by atoms with Gasteiger partial charge in [-0.15, -0.1) is 0 Å². The largest absolute Gasteiger partial charge is 0.478 e. The minimum atomic E-state index is -1.15. The Kier molecular flexibility index (Phi) is 4.13. The van der Waals surface area contributed by atoms with Crippen LogP contribution in [0.5, 0.6) is 5.88 Å². The lowest BCUT2D eigenvalue weighted by Gasteiger charge is -2.15. The van der Waals surface area contributed by atoms with E-state index >= 15 is 0 Å². The second kappa shape index (κ2) is 5.15. The second-order valence-electron chi connectivity index (χ2n) is 2.88. The van der Waals surface area contributed by atoms with Crippen LogP contribution < -0.4 is 10.5 Å². The van der Waals surface area contributed by atoms with Gasteiger partial charge in [0.1, 0.15) is 6.10 Å². The SMILES string of the molecule is COc1nc(C(O)C(O)CS)cnc1N. The molecule has 0 radical (unpaired) electrons. The van der Waals surface area contributed by atoms with Gasteiger partial charge in [-0.3, -0.25) is 0 Å². The summed E-state index contributed by atoms with van der Waals surface area (Å²) in [5.41, 5.74) is 5.65. The standard InChI is InChI=1S/C8H13N3O3S/c1-14-8-7(9)10-2-4(11-8)6(13)5(12)3-15/h2,5-6,12-13,15H,3H2,1H3,(H2,9,10). The van der Waals surface area contributed by atoms with Gasteiger partial charge in [0, 0.05) is 5.75 Å². The van der Waals surface area contributed by atoms with Crippen LogP contribution in [0.4, 0.5) is 5.82 Å². The molecule has 7 heteroatoms. The Morgan fingerprint density at radius 1 is 1.60 bits per heavy atom. The molecule has 1 aromatic heterocycles. The molecule has 1 heterocycles. The molecule has 0 saturated heterocycles. The molecule has 0 aromatic carbocycles. The molecule has 0 aliphatic heterocycles. The van der Waals surface area contributed by atoms with E-state index in [1.165, 1.54) is 13.3 Å². The van der Waals surface area contributed by atoms with Crippen molar-refractivity contribution in [2.24, 2.45) is 0 Å². The van der Waals surface area contributed by atoms with Crippen LogP contribution in [-0.4, -0.2) is 39.1 Å². The number of ether oxygens (including phenoxy) is 1. The van der Waals surface area contributed by atoms with Crippen LogP contribution in [0.1, 0.15) is 11.8 Å². The summed E-state index contributed by atoms with van der Waals surface area (Å²) in [6, 6.07) is 0. The van der Waals surface area contributed by atoms with Gasteiger partial charge in [0.2, 0.25) is 0 Å². The van der Waals surface area contributed by atoms with Gasteiger partial charge in [-0.05, 0) is 0 Å². The summed E-state index contributed by atoms with van der Waals surface area (Å²) in [6.07, 6.45) is -0.865. The monoisotopic (exact) mass is 231 g/mol. The number of methoxy groups -OCH3 is 1. The van der Waals surface area contributed by atoms with Crippen LogP contribution in [0.25, 0.3) is 0 Å². The number of nitrogens with zero attached hydrogens (tertiary/aromatic N) is 2. The fourth-order valence-electron chi connectivity index (χ4n) is 0.984. The summed E-state index contributed by atoms with van der Waals surface area (Å²) in [7, 11) is 1.39. The van der Waals surface area contributed by atoms with Crippen molar-refractivity contribution >= 4 is 18.4 Å². The number of rotatable bonds is 4. The van der Waals surface area contributed by atoms with Crippen LogP contribution in [0.2, 0.25) is 0 Å². The molecular formula is C8H13N3O3S. The first kappa shape index (κ1) is 12.0. The Morgan fingerprint density at radius 2 is 2.27 bits per heavy atom. The van der Waals surface area contributed by atoms with Crippen molar-refractivity contribution in [3.8, 4) is 5.88 Å². The molecule has 1 rings (SSSR count). The number of anilines is 1. The minimum absolute atomic E-state index is 0.121. The molecule has 4 N–H and O–H groups in total. The number of nitrogens with two attached hydrogens (primary N) is 1.